The summed E-state index contributed by atoms with van der Waals surface area (Å²) in [7, 11) is 0. The minimum absolute atomic E-state index is 0.381. The van der Waals surface area contributed by atoms with Crippen molar-refractivity contribution in [2.45, 2.75) is 19.4 Å². The number of benzene rings is 7. The van der Waals surface area contributed by atoms with Crippen LogP contribution in [0.4, 0.5) is 0 Å². The molecule has 8 aromatic rings. The van der Waals surface area contributed by atoms with Gasteiger partial charge in [-0.3, -0.25) is 0 Å². The number of aromatic nitrogens is 3. The molecule has 7 aromatic carbocycles. The van der Waals surface area contributed by atoms with E-state index in [2.05, 4.69) is 129 Å². The van der Waals surface area contributed by atoms with E-state index in [9.17, 15) is 0 Å². The predicted molar refractivity (Wildman–Crippen MR) is 212 cm³/mol. The smallest absolute Gasteiger partial charge is 0.164 e. The van der Waals surface area contributed by atoms with Crippen LogP contribution in [-0.2, 0) is 5.60 Å². The zero-order chi connectivity index (χ0) is 35.1. The molecule has 0 atom stereocenters. The zero-order valence-electron chi connectivity index (χ0n) is 29.0. The van der Waals surface area contributed by atoms with E-state index in [1.807, 2.05) is 60.7 Å². The van der Waals surface area contributed by atoms with Crippen molar-refractivity contribution in [3.63, 3.8) is 0 Å². The Balaban J connectivity index is 0.946. The molecule has 9 rings (SSSR count). The van der Waals surface area contributed by atoms with Crippen molar-refractivity contribution in [1.29, 1.82) is 0 Å². The molecule has 0 saturated heterocycles. The highest BCUT2D eigenvalue weighted by atomic mass is 16.5. The van der Waals surface area contributed by atoms with Gasteiger partial charge in [-0.1, -0.05) is 170 Å². The van der Waals surface area contributed by atoms with Gasteiger partial charge in [0.25, 0.3) is 0 Å². The van der Waals surface area contributed by atoms with Gasteiger partial charge in [-0.25, -0.2) is 15.0 Å². The normalized spacial score (nSPS) is 12.7. The number of ether oxygens (including phenoxy) is 1. The van der Waals surface area contributed by atoms with Gasteiger partial charge in [-0.2, -0.15) is 0 Å². The van der Waals surface area contributed by atoms with Crippen molar-refractivity contribution in [2.75, 3.05) is 0 Å². The van der Waals surface area contributed by atoms with Gasteiger partial charge in [-0.15, -0.1) is 0 Å². The lowest BCUT2D eigenvalue weighted by molar-refractivity contribution is 0.106. The highest BCUT2D eigenvalue weighted by Crippen LogP contribution is 2.46. The first kappa shape index (κ1) is 31.3. The van der Waals surface area contributed by atoms with E-state index in [1.165, 1.54) is 22.3 Å². The number of hydrogen-bond acceptors (Lipinski definition) is 4. The first-order valence-corrected chi connectivity index (χ1v) is 17.6. The van der Waals surface area contributed by atoms with Crippen LogP contribution < -0.4 is 4.74 Å². The third-order valence-electron chi connectivity index (χ3n) is 9.82. The van der Waals surface area contributed by atoms with Crippen LogP contribution in [0.15, 0.2) is 176 Å². The summed E-state index contributed by atoms with van der Waals surface area (Å²) in [4.78, 5) is 14.6. The van der Waals surface area contributed by atoms with Crippen LogP contribution in [0, 0.1) is 0 Å². The van der Waals surface area contributed by atoms with Crippen molar-refractivity contribution >= 4 is 0 Å². The van der Waals surface area contributed by atoms with E-state index in [0.717, 1.165) is 50.3 Å². The molecule has 0 radical (unpaired) electrons. The van der Waals surface area contributed by atoms with Crippen LogP contribution in [0.5, 0.6) is 5.75 Å². The largest absolute Gasteiger partial charge is 0.482 e. The maximum Gasteiger partial charge on any atom is 0.164 e. The summed E-state index contributed by atoms with van der Waals surface area (Å²) in [5.41, 5.74) is 13.0. The van der Waals surface area contributed by atoms with Gasteiger partial charge in [-0.05, 0) is 58.9 Å². The number of rotatable bonds is 6. The van der Waals surface area contributed by atoms with Gasteiger partial charge >= 0.3 is 0 Å². The fourth-order valence-corrected chi connectivity index (χ4v) is 7.04. The summed E-state index contributed by atoms with van der Waals surface area (Å²) < 4.78 is 6.51. The molecule has 1 aromatic heterocycles. The first-order chi connectivity index (χ1) is 25.5. The second-order valence-electron chi connectivity index (χ2n) is 13.6. The summed E-state index contributed by atoms with van der Waals surface area (Å²) >= 11 is 0. The third kappa shape index (κ3) is 5.95. The number of hydrogen-bond donors (Lipinski definition) is 0. The lowest BCUT2D eigenvalue weighted by Gasteiger charge is -2.35. The minimum atomic E-state index is -0.381. The quantitative estimate of drug-likeness (QED) is 0.177. The molecule has 0 spiro atoms. The van der Waals surface area contributed by atoms with E-state index in [4.69, 9.17) is 19.7 Å². The summed E-state index contributed by atoms with van der Waals surface area (Å²) in [6.45, 7) is 4.27. The van der Waals surface area contributed by atoms with Gasteiger partial charge in [0.1, 0.15) is 11.4 Å². The average molecular weight is 670 g/mol. The molecule has 4 nitrogen and oxygen atoms in total. The van der Waals surface area contributed by atoms with Crippen LogP contribution in [-0.4, -0.2) is 15.0 Å². The fraction of sp³-hybridized carbons (Fsp3) is 0.0625. The second kappa shape index (κ2) is 12.9. The lowest BCUT2D eigenvalue weighted by atomic mass is 9.85. The topological polar surface area (TPSA) is 47.9 Å². The van der Waals surface area contributed by atoms with E-state index < -0.39 is 0 Å². The Morgan fingerprint density at radius 1 is 0.346 bits per heavy atom. The summed E-state index contributed by atoms with van der Waals surface area (Å²) in [5, 5.41) is 0. The van der Waals surface area contributed by atoms with Crippen LogP contribution in [0.25, 0.3) is 78.7 Å². The average Bonchev–Trinajstić information content (AvgIpc) is 3.21. The van der Waals surface area contributed by atoms with Crippen LogP contribution in [0.1, 0.15) is 19.4 Å². The number of nitrogens with zero attached hydrogens (tertiary/aromatic N) is 3. The molecule has 248 valence electrons. The van der Waals surface area contributed by atoms with Crippen LogP contribution in [0.2, 0.25) is 0 Å². The van der Waals surface area contributed by atoms with E-state index in [1.54, 1.807) is 0 Å². The van der Waals surface area contributed by atoms with Crippen molar-refractivity contribution in [2.24, 2.45) is 0 Å². The molecule has 0 saturated carbocycles. The SMILES string of the molecule is CC1(C)Oc2cc(-c3ccc(-c4ccc(-c5ccc(-c6nc(-c7ccccc7)nc(-c7ccccc7)n6)cc5)cc4)cc3)ccc2-c2ccccc21. The van der Waals surface area contributed by atoms with Gasteiger partial charge in [0.2, 0.25) is 0 Å². The van der Waals surface area contributed by atoms with Gasteiger partial charge in [0.15, 0.2) is 17.5 Å². The van der Waals surface area contributed by atoms with E-state index >= 15 is 0 Å². The summed E-state index contributed by atoms with van der Waals surface area (Å²) in [6.07, 6.45) is 0. The molecule has 52 heavy (non-hydrogen) atoms. The lowest BCUT2D eigenvalue weighted by Crippen LogP contribution is -2.29. The molecule has 0 unspecified atom stereocenters. The van der Waals surface area contributed by atoms with Gasteiger partial charge in [0, 0.05) is 27.8 Å². The van der Waals surface area contributed by atoms with E-state index in [0.29, 0.717) is 17.5 Å². The maximum atomic E-state index is 6.51. The molecule has 2 heterocycles. The Bertz CT molecular complexity index is 2470. The van der Waals surface area contributed by atoms with Crippen molar-refractivity contribution in [3.8, 4) is 84.4 Å². The Labute approximate surface area is 304 Å². The predicted octanol–water partition coefficient (Wildman–Crippen LogP) is 12.2. The Morgan fingerprint density at radius 2 is 0.712 bits per heavy atom. The molecule has 0 bridgehead atoms. The third-order valence-corrected chi connectivity index (χ3v) is 9.82. The first-order valence-electron chi connectivity index (χ1n) is 17.6. The summed E-state index contributed by atoms with van der Waals surface area (Å²) in [5.74, 6) is 2.89. The Hall–Kier alpha value is -6.65. The standard InChI is InChI=1S/C48H35N3O/c1-48(2)43-16-10-9-15-41(43)42-30-29-40(31-44(42)52-48)36-23-21-34(22-24-36)32-17-19-33(20-18-32)35-25-27-39(28-26-35)47-50-45(37-11-5-3-6-12-37)49-46(51-47)38-13-7-4-8-14-38/h3-31H,1-2H3. The van der Waals surface area contributed by atoms with Crippen LogP contribution in [0.3, 0.4) is 0 Å². The molecular formula is C48H35N3O. The minimum Gasteiger partial charge on any atom is -0.482 e. The monoisotopic (exact) mass is 669 g/mol. The second-order valence-corrected chi connectivity index (χ2v) is 13.6. The molecule has 4 heteroatoms. The Morgan fingerprint density at radius 3 is 1.19 bits per heavy atom. The highest BCUT2D eigenvalue weighted by molar-refractivity contribution is 5.81. The molecule has 0 aliphatic carbocycles. The van der Waals surface area contributed by atoms with Crippen molar-refractivity contribution in [3.05, 3.63) is 181 Å². The highest BCUT2D eigenvalue weighted by Gasteiger charge is 2.32. The Kier molecular flexibility index (Phi) is 7.78. The maximum absolute atomic E-state index is 6.51. The molecule has 0 fully saturated rings. The van der Waals surface area contributed by atoms with Crippen molar-refractivity contribution < 1.29 is 4.74 Å². The van der Waals surface area contributed by atoms with Gasteiger partial charge < -0.3 is 4.74 Å². The molecule has 1 aliphatic rings. The molecular weight excluding hydrogens is 635 g/mol. The van der Waals surface area contributed by atoms with Crippen LogP contribution >= 0.6 is 0 Å². The zero-order valence-corrected chi connectivity index (χ0v) is 29.0. The van der Waals surface area contributed by atoms with Gasteiger partial charge in [0.05, 0.1) is 0 Å². The van der Waals surface area contributed by atoms with Crippen molar-refractivity contribution in [1.82, 2.24) is 15.0 Å². The molecule has 0 N–H and O–H groups in total. The molecule has 1 aliphatic heterocycles. The molecule has 0 amide bonds. The summed E-state index contributed by atoms with van der Waals surface area (Å²) in [6, 6.07) is 61.2. The number of fused-ring (bicyclic) bond motifs is 3. The van der Waals surface area contributed by atoms with E-state index in [-0.39, 0.29) is 5.60 Å². The fourth-order valence-electron chi connectivity index (χ4n) is 7.04.